The summed E-state index contributed by atoms with van der Waals surface area (Å²) in [5, 5.41) is 3.17. The average Bonchev–Trinajstić information content (AvgIpc) is 2.86. The molecule has 0 aliphatic rings. The molecule has 0 spiro atoms. The predicted molar refractivity (Wildman–Crippen MR) is 83.8 cm³/mol. The molecular weight excluding hydrogens is 262 g/mol. The molecule has 1 N–H and O–H groups in total. The molecule has 3 rings (SSSR count). The first-order valence-corrected chi connectivity index (χ1v) is 7.19. The molecule has 3 aromatic rings. The Morgan fingerprint density at radius 3 is 2.67 bits per heavy atom. The first-order valence-electron chi connectivity index (χ1n) is 7.19. The molecule has 0 amide bonds. The monoisotopic (exact) mass is 281 g/mol. The molecule has 0 radical (unpaired) electrons. The number of rotatable bonds is 5. The largest absolute Gasteiger partial charge is 0.437 e. The highest BCUT2D eigenvalue weighted by Crippen LogP contribution is 2.26. The number of hydrogen-bond donors (Lipinski definition) is 1. The molecule has 21 heavy (non-hydrogen) atoms. The van der Waals surface area contributed by atoms with Crippen molar-refractivity contribution in [1.82, 2.24) is 14.7 Å². The Labute approximate surface area is 124 Å². The van der Waals surface area contributed by atoms with Crippen molar-refractivity contribution in [2.45, 2.75) is 19.9 Å². The minimum atomic E-state index is 0.653. The highest BCUT2D eigenvalue weighted by atomic mass is 16.5. The van der Waals surface area contributed by atoms with Gasteiger partial charge < -0.3 is 10.1 Å². The second-order valence-corrected chi connectivity index (χ2v) is 4.92. The fraction of sp³-hybridized carbons (Fsp3) is 0.235. The van der Waals surface area contributed by atoms with Gasteiger partial charge in [0.05, 0.1) is 0 Å². The average molecular weight is 281 g/mol. The Morgan fingerprint density at radius 1 is 1.14 bits per heavy atom. The maximum absolute atomic E-state index is 5.97. The molecular formula is C17H19N3O. The lowest BCUT2D eigenvalue weighted by molar-refractivity contribution is 0.457. The van der Waals surface area contributed by atoms with E-state index in [1.54, 1.807) is 0 Å². The highest BCUT2D eigenvalue weighted by Gasteiger charge is 2.13. The summed E-state index contributed by atoms with van der Waals surface area (Å²) in [6.45, 7) is 2.84. The van der Waals surface area contributed by atoms with E-state index in [0.29, 0.717) is 12.4 Å². The number of ether oxygens (including phenoxy) is 1. The quantitative estimate of drug-likeness (QED) is 0.779. The summed E-state index contributed by atoms with van der Waals surface area (Å²) in [6, 6.07) is 14.1. The number of fused-ring (bicyclic) bond motifs is 1. The van der Waals surface area contributed by atoms with Crippen LogP contribution in [0.15, 0.2) is 48.7 Å². The zero-order valence-corrected chi connectivity index (χ0v) is 12.3. The van der Waals surface area contributed by atoms with Crippen LogP contribution in [0.25, 0.3) is 5.65 Å². The lowest BCUT2D eigenvalue weighted by atomic mass is 10.2. The topological polar surface area (TPSA) is 38.6 Å². The van der Waals surface area contributed by atoms with Gasteiger partial charge in [-0.1, -0.05) is 25.1 Å². The van der Waals surface area contributed by atoms with Crippen molar-refractivity contribution < 1.29 is 4.74 Å². The van der Waals surface area contributed by atoms with E-state index in [9.17, 15) is 0 Å². The summed E-state index contributed by atoms with van der Waals surface area (Å²) < 4.78 is 8.02. The van der Waals surface area contributed by atoms with Crippen LogP contribution in [0.3, 0.4) is 0 Å². The molecule has 0 bridgehead atoms. The van der Waals surface area contributed by atoms with Crippen molar-refractivity contribution in [1.29, 1.82) is 0 Å². The van der Waals surface area contributed by atoms with Gasteiger partial charge in [-0.05, 0) is 43.3 Å². The van der Waals surface area contributed by atoms with Crippen LogP contribution in [-0.4, -0.2) is 16.4 Å². The van der Waals surface area contributed by atoms with Gasteiger partial charge in [0.1, 0.15) is 17.1 Å². The van der Waals surface area contributed by atoms with Crippen LogP contribution in [0.4, 0.5) is 0 Å². The standard InChI is InChI=1S/C17H19N3O/c1-3-13-7-9-14(10-8-13)21-17-15(12-18-2)20-11-5-4-6-16(20)19-17/h4-11,18H,3,12H2,1-2H3. The van der Waals surface area contributed by atoms with E-state index in [1.807, 2.05) is 48.0 Å². The number of aromatic nitrogens is 2. The Balaban J connectivity index is 1.96. The molecule has 0 aliphatic heterocycles. The Morgan fingerprint density at radius 2 is 1.95 bits per heavy atom. The first-order chi connectivity index (χ1) is 10.3. The number of benzene rings is 1. The summed E-state index contributed by atoms with van der Waals surface area (Å²) in [5.74, 6) is 1.47. The van der Waals surface area contributed by atoms with Gasteiger partial charge in [0.25, 0.3) is 0 Å². The van der Waals surface area contributed by atoms with Crippen LogP contribution < -0.4 is 10.1 Å². The number of nitrogens with one attached hydrogen (secondary N) is 1. The van der Waals surface area contributed by atoms with Gasteiger partial charge in [0, 0.05) is 12.7 Å². The van der Waals surface area contributed by atoms with Crippen LogP contribution in [-0.2, 0) is 13.0 Å². The molecule has 0 saturated heterocycles. The summed E-state index contributed by atoms with van der Waals surface area (Å²) in [4.78, 5) is 4.57. The Bertz CT molecular complexity index is 731. The van der Waals surface area contributed by atoms with E-state index in [2.05, 4.69) is 29.4 Å². The molecule has 0 saturated carbocycles. The van der Waals surface area contributed by atoms with Crippen molar-refractivity contribution in [3.8, 4) is 11.6 Å². The summed E-state index contributed by atoms with van der Waals surface area (Å²) in [7, 11) is 1.92. The SMILES string of the molecule is CCc1ccc(Oc2nc3ccccn3c2CNC)cc1. The van der Waals surface area contributed by atoms with Crippen LogP contribution in [0.5, 0.6) is 11.6 Å². The molecule has 0 atom stereocenters. The normalized spacial score (nSPS) is 11.0. The lowest BCUT2D eigenvalue weighted by Crippen LogP contribution is -2.08. The minimum Gasteiger partial charge on any atom is -0.437 e. The smallest absolute Gasteiger partial charge is 0.242 e. The summed E-state index contributed by atoms with van der Waals surface area (Å²) in [6.07, 6.45) is 3.03. The minimum absolute atomic E-state index is 0.653. The van der Waals surface area contributed by atoms with E-state index in [-0.39, 0.29) is 0 Å². The van der Waals surface area contributed by atoms with E-state index in [1.165, 1.54) is 5.56 Å². The van der Waals surface area contributed by atoms with Crippen LogP contribution in [0.2, 0.25) is 0 Å². The van der Waals surface area contributed by atoms with Crippen molar-refractivity contribution in [3.63, 3.8) is 0 Å². The molecule has 2 aromatic heterocycles. The maximum atomic E-state index is 5.97. The number of nitrogens with zero attached hydrogens (tertiary/aromatic N) is 2. The highest BCUT2D eigenvalue weighted by molar-refractivity contribution is 5.46. The first kappa shape index (κ1) is 13.6. The molecule has 1 aromatic carbocycles. The van der Waals surface area contributed by atoms with Gasteiger partial charge >= 0.3 is 0 Å². The van der Waals surface area contributed by atoms with Gasteiger partial charge in [0.15, 0.2) is 0 Å². The van der Waals surface area contributed by atoms with Crippen molar-refractivity contribution >= 4 is 5.65 Å². The molecule has 0 aliphatic carbocycles. The van der Waals surface area contributed by atoms with Crippen LogP contribution >= 0.6 is 0 Å². The second kappa shape index (κ2) is 5.97. The van der Waals surface area contributed by atoms with Gasteiger partial charge in [-0.15, -0.1) is 0 Å². The van der Waals surface area contributed by atoms with E-state index < -0.39 is 0 Å². The number of hydrogen-bond acceptors (Lipinski definition) is 3. The Hall–Kier alpha value is -2.33. The van der Waals surface area contributed by atoms with Crippen LogP contribution in [0.1, 0.15) is 18.2 Å². The molecule has 0 fully saturated rings. The molecule has 2 heterocycles. The van der Waals surface area contributed by atoms with Crippen LogP contribution in [0, 0.1) is 0 Å². The predicted octanol–water partition coefficient (Wildman–Crippen LogP) is 3.41. The van der Waals surface area contributed by atoms with E-state index in [4.69, 9.17) is 4.74 Å². The Kier molecular flexibility index (Phi) is 3.88. The van der Waals surface area contributed by atoms with E-state index >= 15 is 0 Å². The summed E-state index contributed by atoms with van der Waals surface area (Å²) in [5.41, 5.74) is 3.21. The van der Waals surface area contributed by atoms with E-state index in [0.717, 1.165) is 23.5 Å². The third kappa shape index (κ3) is 2.76. The lowest BCUT2D eigenvalue weighted by Gasteiger charge is -2.06. The third-order valence-corrected chi connectivity index (χ3v) is 3.48. The number of imidazole rings is 1. The van der Waals surface area contributed by atoms with Crippen molar-refractivity contribution in [2.24, 2.45) is 0 Å². The van der Waals surface area contributed by atoms with Crippen molar-refractivity contribution in [2.75, 3.05) is 7.05 Å². The van der Waals surface area contributed by atoms with Crippen molar-refractivity contribution in [3.05, 3.63) is 59.9 Å². The molecule has 4 heteroatoms. The fourth-order valence-electron chi connectivity index (χ4n) is 2.34. The van der Waals surface area contributed by atoms with Gasteiger partial charge in [0.2, 0.25) is 5.88 Å². The molecule has 108 valence electrons. The second-order valence-electron chi connectivity index (χ2n) is 4.92. The zero-order chi connectivity index (χ0) is 14.7. The fourth-order valence-corrected chi connectivity index (χ4v) is 2.34. The molecule has 4 nitrogen and oxygen atoms in total. The van der Waals surface area contributed by atoms with Gasteiger partial charge in [-0.2, -0.15) is 4.98 Å². The van der Waals surface area contributed by atoms with Gasteiger partial charge in [-0.3, -0.25) is 4.40 Å². The maximum Gasteiger partial charge on any atom is 0.242 e. The summed E-state index contributed by atoms with van der Waals surface area (Å²) >= 11 is 0. The molecule has 0 unspecified atom stereocenters. The number of aryl methyl sites for hydroxylation is 1. The van der Waals surface area contributed by atoms with Gasteiger partial charge in [-0.25, -0.2) is 0 Å². The third-order valence-electron chi connectivity index (χ3n) is 3.48. The zero-order valence-electron chi connectivity index (χ0n) is 12.3. The number of pyridine rings is 1.